The van der Waals surface area contributed by atoms with E-state index in [1.807, 2.05) is 42.8 Å². The van der Waals surface area contributed by atoms with E-state index >= 15 is 0 Å². The standard InChI is InChI=1S/C19H21N3O3S/c1-3-18-21-13(11-26-18)9-17(23)22-16(19(24)25-2)8-12-10-20-15-7-5-4-6-14(12)15/h4-7,10-11,16,20H,3,8-9H2,1-2H3,(H,22,23)/t16-/m1/s1. The van der Waals surface area contributed by atoms with Crippen molar-refractivity contribution in [2.45, 2.75) is 32.2 Å². The first-order chi connectivity index (χ1) is 12.6. The van der Waals surface area contributed by atoms with Crippen molar-refractivity contribution in [2.75, 3.05) is 7.11 Å². The molecule has 1 aromatic carbocycles. The zero-order valence-electron chi connectivity index (χ0n) is 14.7. The number of esters is 1. The second kappa shape index (κ2) is 8.14. The number of para-hydroxylation sites is 1. The average Bonchev–Trinajstić information content (AvgIpc) is 3.27. The van der Waals surface area contributed by atoms with Crippen molar-refractivity contribution in [1.29, 1.82) is 0 Å². The van der Waals surface area contributed by atoms with Crippen molar-refractivity contribution in [3.8, 4) is 0 Å². The summed E-state index contributed by atoms with van der Waals surface area (Å²) in [6.07, 6.45) is 3.22. The van der Waals surface area contributed by atoms with Crippen molar-refractivity contribution in [1.82, 2.24) is 15.3 Å². The van der Waals surface area contributed by atoms with E-state index in [1.165, 1.54) is 18.4 Å². The molecule has 2 heterocycles. The van der Waals surface area contributed by atoms with E-state index in [0.717, 1.165) is 33.6 Å². The van der Waals surface area contributed by atoms with E-state index in [-0.39, 0.29) is 12.3 Å². The molecule has 7 heteroatoms. The average molecular weight is 371 g/mol. The van der Waals surface area contributed by atoms with Gasteiger partial charge in [-0.05, 0) is 18.1 Å². The first kappa shape index (κ1) is 18.1. The molecule has 0 unspecified atom stereocenters. The summed E-state index contributed by atoms with van der Waals surface area (Å²) in [4.78, 5) is 32.1. The van der Waals surface area contributed by atoms with E-state index in [9.17, 15) is 9.59 Å². The second-order valence-electron chi connectivity index (χ2n) is 5.97. The molecule has 0 saturated heterocycles. The molecule has 6 nitrogen and oxygen atoms in total. The maximum Gasteiger partial charge on any atom is 0.328 e. The number of thiazole rings is 1. The van der Waals surface area contributed by atoms with E-state index < -0.39 is 12.0 Å². The fourth-order valence-electron chi connectivity index (χ4n) is 2.86. The molecule has 26 heavy (non-hydrogen) atoms. The van der Waals surface area contributed by atoms with Crippen LogP contribution in [0.5, 0.6) is 0 Å². The molecule has 1 amide bonds. The Kier molecular flexibility index (Phi) is 5.68. The highest BCUT2D eigenvalue weighted by molar-refractivity contribution is 7.09. The van der Waals surface area contributed by atoms with Crippen LogP contribution in [-0.4, -0.2) is 35.0 Å². The topological polar surface area (TPSA) is 84.1 Å². The lowest BCUT2D eigenvalue weighted by Crippen LogP contribution is -2.43. The number of nitrogens with one attached hydrogen (secondary N) is 2. The molecule has 0 fully saturated rings. The van der Waals surface area contributed by atoms with Crippen LogP contribution >= 0.6 is 11.3 Å². The minimum absolute atomic E-state index is 0.151. The number of amides is 1. The second-order valence-corrected chi connectivity index (χ2v) is 6.91. The molecule has 136 valence electrons. The third-order valence-corrected chi connectivity index (χ3v) is 5.21. The summed E-state index contributed by atoms with van der Waals surface area (Å²) in [6, 6.07) is 7.10. The molecule has 0 bridgehead atoms. The number of rotatable bonds is 7. The quantitative estimate of drug-likeness (QED) is 0.626. The molecular weight excluding hydrogens is 350 g/mol. The highest BCUT2D eigenvalue weighted by Crippen LogP contribution is 2.19. The number of H-pyrrole nitrogens is 1. The number of hydrogen-bond acceptors (Lipinski definition) is 5. The van der Waals surface area contributed by atoms with E-state index in [2.05, 4.69) is 15.3 Å². The summed E-state index contributed by atoms with van der Waals surface area (Å²) in [5, 5.41) is 6.69. The Morgan fingerprint density at radius 1 is 1.35 bits per heavy atom. The van der Waals surface area contributed by atoms with Crippen LogP contribution in [0.25, 0.3) is 10.9 Å². The number of hydrogen-bond donors (Lipinski definition) is 2. The Bertz CT molecular complexity index is 916. The molecule has 2 N–H and O–H groups in total. The zero-order chi connectivity index (χ0) is 18.5. The number of ether oxygens (including phenoxy) is 1. The van der Waals surface area contributed by atoms with Gasteiger partial charge >= 0.3 is 5.97 Å². The van der Waals surface area contributed by atoms with Crippen LogP contribution in [0.3, 0.4) is 0 Å². The van der Waals surface area contributed by atoms with E-state index in [4.69, 9.17) is 4.74 Å². The smallest absolute Gasteiger partial charge is 0.328 e. The number of fused-ring (bicyclic) bond motifs is 1. The Labute approximate surface area is 155 Å². The van der Waals surface area contributed by atoms with Gasteiger partial charge in [-0.3, -0.25) is 4.79 Å². The van der Waals surface area contributed by atoms with Crippen molar-refractivity contribution >= 4 is 34.1 Å². The minimum Gasteiger partial charge on any atom is -0.467 e. The van der Waals surface area contributed by atoms with Gasteiger partial charge in [-0.15, -0.1) is 11.3 Å². The third kappa shape index (κ3) is 4.11. The summed E-state index contributed by atoms with van der Waals surface area (Å²) in [6.45, 7) is 2.02. The molecule has 0 radical (unpaired) electrons. The Balaban J connectivity index is 1.71. The maximum atomic E-state index is 12.4. The fourth-order valence-corrected chi connectivity index (χ4v) is 3.60. The van der Waals surface area contributed by atoms with Crippen LogP contribution in [-0.2, 0) is 33.6 Å². The number of aryl methyl sites for hydroxylation is 1. The lowest BCUT2D eigenvalue weighted by Gasteiger charge is -2.16. The number of carbonyl (C=O) groups is 2. The van der Waals surface area contributed by atoms with Crippen molar-refractivity contribution in [3.05, 3.63) is 52.1 Å². The molecular formula is C19H21N3O3S. The van der Waals surface area contributed by atoms with Gasteiger partial charge in [0.05, 0.1) is 24.2 Å². The van der Waals surface area contributed by atoms with Crippen LogP contribution in [0, 0.1) is 0 Å². The Hall–Kier alpha value is -2.67. The van der Waals surface area contributed by atoms with E-state index in [1.54, 1.807) is 0 Å². The van der Waals surface area contributed by atoms with Crippen LogP contribution in [0.4, 0.5) is 0 Å². The molecule has 0 aliphatic rings. The molecule has 0 saturated carbocycles. The molecule has 0 aliphatic carbocycles. The first-order valence-corrected chi connectivity index (χ1v) is 9.34. The summed E-state index contributed by atoms with van der Waals surface area (Å²) < 4.78 is 4.87. The Morgan fingerprint density at radius 2 is 2.15 bits per heavy atom. The lowest BCUT2D eigenvalue weighted by atomic mass is 10.0. The van der Waals surface area contributed by atoms with Crippen LogP contribution in [0.2, 0.25) is 0 Å². The Morgan fingerprint density at radius 3 is 2.88 bits per heavy atom. The predicted octanol–water partition coefficient (Wildman–Crippen LogP) is 2.63. The number of aromatic amines is 1. The van der Waals surface area contributed by atoms with Crippen molar-refractivity contribution < 1.29 is 14.3 Å². The molecule has 3 aromatic rings. The highest BCUT2D eigenvalue weighted by Gasteiger charge is 2.23. The largest absolute Gasteiger partial charge is 0.467 e. The molecule has 3 rings (SSSR count). The van der Waals surface area contributed by atoms with Crippen molar-refractivity contribution in [2.24, 2.45) is 0 Å². The number of benzene rings is 1. The number of methoxy groups -OCH3 is 1. The van der Waals surface area contributed by atoms with Gasteiger partial charge < -0.3 is 15.0 Å². The highest BCUT2D eigenvalue weighted by atomic mass is 32.1. The van der Waals surface area contributed by atoms with Gasteiger partial charge in [-0.25, -0.2) is 9.78 Å². The summed E-state index contributed by atoms with van der Waals surface area (Å²) >= 11 is 1.54. The molecule has 0 spiro atoms. The van der Waals surface area contributed by atoms with Crippen LogP contribution in [0.15, 0.2) is 35.8 Å². The first-order valence-electron chi connectivity index (χ1n) is 8.46. The maximum absolute atomic E-state index is 12.4. The van der Waals surface area contributed by atoms with Crippen molar-refractivity contribution in [3.63, 3.8) is 0 Å². The van der Waals surface area contributed by atoms with Gasteiger partial charge in [-0.1, -0.05) is 25.1 Å². The zero-order valence-corrected chi connectivity index (χ0v) is 15.6. The summed E-state index contributed by atoms with van der Waals surface area (Å²) in [5.41, 5.74) is 2.67. The van der Waals surface area contributed by atoms with Crippen LogP contribution in [0.1, 0.15) is 23.2 Å². The monoisotopic (exact) mass is 371 g/mol. The fraction of sp³-hybridized carbons (Fsp3) is 0.316. The summed E-state index contributed by atoms with van der Waals surface area (Å²) in [5.74, 6) is -0.704. The molecule has 1 atom stereocenters. The minimum atomic E-state index is -0.740. The van der Waals surface area contributed by atoms with Gasteiger partial charge in [0.15, 0.2) is 0 Å². The lowest BCUT2D eigenvalue weighted by molar-refractivity contribution is -0.145. The normalized spacial score (nSPS) is 12.1. The number of aromatic nitrogens is 2. The van der Waals surface area contributed by atoms with Gasteiger partial charge in [0.25, 0.3) is 0 Å². The van der Waals surface area contributed by atoms with Crippen LogP contribution < -0.4 is 5.32 Å². The molecule has 2 aromatic heterocycles. The van der Waals surface area contributed by atoms with Gasteiger partial charge in [0, 0.05) is 28.9 Å². The molecule has 0 aliphatic heterocycles. The van der Waals surface area contributed by atoms with Gasteiger partial charge in [0.2, 0.25) is 5.91 Å². The predicted molar refractivity (Wildman–Crippen MR) is 101 cm³/mol. The SMILES string of the molecule is CCc1nc(CC(=O)N[C@H](Cc2c[nH]c3ccccc23)C(=O)OC)cs1. The number of carbonyl (C=O) groups excluding carboxylic acids is 2. The third-order valence-electron chi connectivity index (χ3n) is 4.16. The van der Waals surface area contributed by atoms with Gasteiger partial charge in [-0.2, -0.15) is 0 Å². The van der Waals surface area contributed by atoms with Gasteiger partial charge in [0.1, 0.15) is 6.04 Å². The summed E-state index contributed by atoms with van der Waals surface area (Å²) in [7, 11) is 1.32. The number of nitrogens with zero attached hydrogens (tertiary/aromatic N) is 1. The van der Waals surface area contributed by atoms with E-state index in [0.29, 0.717) is 6.42 Å².